The van der Waals surface area contributed by atoms with E-state index in [-0.39, 0.29) is 12.2 Å². The van der Waals surface area contributed by atoms with Gasteiger partial charge in [-0.15, -0.1) is 0 Å². The van der Waals surface area contributed by atoms with E-state index in [9.17, 15) is 0 Å². The van der Waals surface area contributed by atoms with Gasteiger partial charge in [-0.05, 0) is 27.2 Å². The summed E-state index contributed by atoms with van der Waals surface area (Å²) in [6, 6.07) is 0.412. The van der Waals surface area contributed by atoms with Gasteiger partial charge in [0.2, 0.25) is 0 Å². The molecule has 1 aliphatic rings. The summed E-state index contributed by atoms with van der Waals surface area (Å²) < 4.78 is 5.56. The molecular weight excluding hydrogens is 154 g/mol. The number of nitrogens with one attached hydrogen (secondary N) is 1. The monoisotopic (exact) mass is 173 g/mol. The van der Waals surface area contributed by atoms with Crippen molar-refractivity contribution in [3.8, 4) is 0 Å². The maximum absolute atomic E-state index is 9.06. The summed E-state index contributed by atoms with van der Waals surface area (Å²) in [5.41, 5.74) is 0. The largest absolute Gasteiger partial charge is 0.392 e. The van der Waals surface area contributed by atoms with Crippen molar-refractivity contribution in [3.63, 3.8) is 0 Å². The van der Waals surface area contributed by atoms with E-state index >= 15 is 0 Å². The molecule has 0 aromatic carbocycles. The zero-order valence-electron chi connectivity index (χ0n) is 8.08. The molecule has 0 aromatic rings. The Morgan fingerprint density at radius 2 is 2.25 bits per heavy atom. The van der Waals surface area contributed by atoms with E-state index in [1.165, 1.54) is 0 Å². The molecule has 1 fully saturated rings. The lowest BCUT2D eigenvalue weighted by molar-refractivity contribution is 0.0593. The molecule has 12 heavy (non-hydrogen) atoms. The second kappa shape index (κ2) is 4.21. The molecule has 0 amide bonds. The Balaban J connectivity index is 2.23. The molecule has 1 saturated heterocycles. The zero-order valence-corrected chi connectivity index (χ0v) is 8.08. The van der Waals surface area contributed by atoms with E-state index < -0.39 is 0 Å². The average molecular weight is 173 g/mol. The smallest absolute Gasteiger partial charge is 0.0704 e. The molecule has 0 saturated carbocycles. The van der Waals surface area contributed by atoms with Gasteiger partial charge < -0.3 is 15.2 Å². The normalized spacial score (nSPS) is 38.5. The SMILES string of the molecule is CC(O)CNC1CC(C)OC1C. The summed E-state index contributed by atoms with van der Waals surface area (Å²) in [6.07, 6.45) is 1.41. The number of rotatable bonds is 3. The van der Waals surface area contributed by atoms with Gasteiger partial charge in [0.05, 0.1) is 18.3 Å². The van der Waals surface area contributed by atoms with Crippen LogP contribution in [0.4, 0.5) is 0 Å². The molecule has 2 N–H and O–H groups in total. The minimum Gasteiger partial charge on any atom is -0.392 e. The molecule has 1 rings (SSSR count). The minimum atomic E-state index is -0.270. The van der Waals surface area contributed by atoms with E-state index in [2.05, 4.69) is 19.2 Å². The molecule has 0 aliphatic carbocycles. The Morgan fingerprint density at radius 1 is 1.58 bits per heavy atom. The van der Waals surface area contributed by atoms with Crippen molar-refractivity contribution in [1.82, 2.24) is 5.32 Å². The highest BCUT2D eigenvalue weighted by Gasteiger charge is 2.28. The lowest BCUT2D eigenvalue weighted by atomic mass is 10.1. The Hall–Kier alpha value is -0.120. The van der Waals surface area contributed by atoms with Crippen LogP contribution in [-0.2, 0) is 4.74 Å². The number of ether oxygens (including phenoxy) is 1. The lowest BCUT2D eigenvalue weighted by Gasteiger charge is -2.16. The van der Waals surface area contributed by atoms with Gasteiger partial charge >= 0.3 is 0 Å². The van der Waals surface area contributed by atoms with Gasteiger partial charge in [0.15, 0.2) is 0 Å². The van der Waals surface area contributed by atoms with Crippen LogP contribution in [0.5, 0.6) is 0 Å². The highest BCUT2D eigenvalue weighted by atomic mass is 16.5. The number of aliphatic hydroxyl groups is 1. The van der Waals surface area contributed by atoms with Crippen molar-refractivity contribution in [2.24, 2.45) is 0 Å². The van der Waals surface area contributed by atoms with Crippen molar-refractivity contribution in [1.29, 1.82) is 0 Å². The minimum absolute atomic E-state index is 0.270. The van der Waals surface area contributed by atoms with Crippen LogP contribution in [0, 0.1) is 0 Å². The first-order valence-electron chi connectivity index (χ1n) is 4.66. The molecule has 3 heteroatoms. The van der Waals surface area contributed by atoms with Crippen LogP contribution < -0.4 is 5.32 Å². The summed E-state index contributed by atoms with van der Waals surface area (Å²) in [6.45, 7) is 6.60. The summed E-state index contributed by atoms with van der Waals surface area (Å²) in [5, 5.41) is 12.3. The number of hydrogen-bond donors (Lipinski definition) is 2. The Bertz CT molecular complexity index is 138. The van der Waals surface area contributed by atoms with Crippen LogP contribution in [-0.4, -0.2) is 36.0 Å². The third-order valence-electron chi connectivity index (χ3n) is 2.27. The molecule has 1 aliphatic heterocycles. The first-order chi connectivity index (χ1) is 5.59. The highest BCUT2D eigenvalue weighted by molar-refractivity contribution is 4.83. The molecule has 0 bridgehead atoms. The van der Waals surface area contributed by atoms with Crippen molar-refractivity contribution in [2.45, 2.75) is 51.5 Å². The van der Waals surface area contributed by atoms with Crippen LogP contribution in [0.15, 0.2) is 0 Å². The second-order valence-corrected chi connectivity index (χ2v) is 3.75. The van der Waals surface area contributed by atoms with Gasteiger partial charge in [-0.3, -0.25) is 0 Å². The standard InChI is InChI=1S/C9H19NO2/c1-6(11)5-10-9-4-7(2)12-8(9)3/h6-11H,4-5H2,1-3H3. The van der Waals surface area contributed by atoms with E-state index in [4.69, 9.17) is 9.84 Å². The maximum Gasteiger partial charge on any atom is 0.0704 e. The van der Waals surface area contributed by atoms with Crippen molar-refractivity contribution < 1.29 is 9.84 Å². The lowest BCUT2D eigenvalue weighted by Crippen LogP contribution is -2.38. The molecule has 0 aromatic heterocycles. The topological polar surface area (TPSA) is 41.5 Å². The fourth-order valence-corrected chi connectivity index (χ4v) is 1.64. The Labute approximate surface area is 74.1 Å². The van der Waals surface area contributed by atoms with Crippen LogP contribution in [0.1, 0.15) is 27.2 Å². The summed E-state index contributed by atoms with van der Waals surface area (Å²) in [7, 11) is 0. The molecule has 0 spiro atoms. The van der Waals surface area contributed by atoms with E-state index in [0.29, 0.717) is 18.7 Å². The summed E-state index contributed by atoms with van der Waals surface area (Å²) >= 11 is 0. The molecule has 4 unspecified atom stereocenters. The number of hydrogen-bond acceptors (Lipinski definition) is 3. The van der Waals surface area contributed by atoms with E-state index in [1.54, 1.807) is 6.92 Å². The fraction of sp³-hybridized carbons (Fsp3) is 1.00. The van der Waals surface area contributed by atoms with Gasteiger partial charge in [0.1, 0.15) is 0 Å². The predicted octanol–water partition coefficient (Wildman–Crippen LogP) is 0.523. The quantitative estimate of drug-likeness (QED) is 0.654. The van der Waals surface area contributed by atoms with Gasteiger partial charge in [-0.25, -0.2) is 0 Å². The molecule has 72 valence electrons. The summed E-state index contributed by atoms with van der Waals surface area (Å²) in [4.78, 5) is 0. The molecule has 3 nitrogen and oxygen atoms in total. The molecular formula is C9H19NO2. The average Bonchev–Trinajstić information content (AvgIpc) is 2.26. The van der Waals surface area contributed by atoms with Crippen LogP contribution in [0.2, 0.25) is 0 Å². The Morgan fingerprint density at radius 3 is 2.67 bits per heavy atom. The van der Waals surface area contributed by atoms with E-state index in [1.807, 2.05) is 0 Å². The number of aliphatic hydroxyl groups excluding tert-OH is 1. The van der Waals surface area contributed by atoms with Crippen LogP contribution in [0.25, 0.3) is 0 Å². The summed E-state index contributed by atoms with van der Waals surface area (Å²) in [5.74, 6) is 0. The zero-order chi connectivity index (χ0) is 9.14. The third kappa shape index (κ3) is 2.73. The fourth-order valence-electron chi connectivity index (χ4n) is 1.64. The first-order valence-corrected chi connectivity index (χ1v) is 4.66. The maximum atomic E-state index is 9.06. The Kier molecular flexibility index (Phi) is 3.50. The molecule has 1 heterocycles. The predicted molar refractivity (Wildman–Crippen MR) is 48.1 cm³/mol. The van der Waals surface area contributed by atoms with Crippen LogP contribution >= 0.6 is 0 Å². The second-order valence-electron chi connectivity index (χ2n) is 3.75. The van der Waals surface area contributed by atoms with Crippen molar-refractivity contribution in [3.05, 3.63) is 0 Å². The van der Waals surface area contributed by atoms with Crippen LogP contribution in [0.3, 0.4) is 0 Å². The molecule has 4 atom stereocenters. The van der Waals surface area contributed by atoms with Crippen molar-refractivity contribution in [2.75, 3.05) is 6.54 Å². The van der Waals surface area contributed by atoms with Crippen molar-refractivity contribution >= 4 is 0 Å². The third-order valence-corrected chi connectivity index (χ3v) is 2.27. The molecule has 0 radical (unpaired) electrons. The first kappa shape index (κ1) is 9.96. The van der Waals surface area contributed by atoms with Gasteiger partial charge in [0, 0.05) is 12.6 Å². The van der Waals surface area contributed by atoms with Gasteiger partial charge in [0.25, 0.3) is 0 Å². The van der Waals surface area contributed by atoms with Gasteiger partial charge in [-0.1, -0.05) is 0 Å². The highest BCUT2D eigenvalue weighted by Crippen LogP contribution is 2.19. The van der Waals surface area contributed by atoms with Gasteiger partial charge in [-0.2, -0.15) is 0 Å². The van der Waals surface area contributed by atoms with E-state index in [0.717, 1.165) is 6.42 Å².